The number of benzene rings is 2. The van der Waals surface area contributed by atoms with Gasteiger partial charge in [-0.2, -0.15) is 0 Å². The number of aromatic nitrogens is 2. The van der Waals surface area contributed by atoms with Gasteiger partial charge in [0, 0.05) is 49.4 Å². The number of hydrogen-bond acceptors (Lipinski definition) is 6. The lowest BCUT2D eigenvalue weighted by Gasteiger charge is -2.34. The Labute approximate surface area is 199 Å². The van der Waals surface area contributed by atoms with Crippen LogP contribution in [-0.2, 0) is 4.79 Å². The Morgan fingerprint density at radius 2 is 1.63 bits per heavy atom. The molecular weight excluding hydrogens is 450 g/mol. The molecule has 2 aromatic heterocycles. The smallest absolute Gasteiger partial charge is 0.295 e. The molecule has 1 fully saturated rings. The van der Waals surface area contributed by atoms with E-state index >= 15 is 0 Å². The predicted molar refractivity (Wildman–Crippen MR) is 126 cm³/mol. The summed E-state index contributed by atoms with van der Waals surface area (Å²) in [6.07, 6.45) is 2.83. The van der Waals surface area contributed by atoms with Gasteiger partial charge >= 0.3 is 0 Å². The first kappa shape index (κ1) is 22.1. The topological polar surface area (TPSA) is 129 Å². The van der Waals surface area contributed by atoms with Crippen molar-refractivity contribution in [2.45, 2.75) is 0 Å². The number of amides is 3. The number of Topliss-reactive ketones (excluding diaryl/α,β-unsaturated/α-hetero) is 1. The molecule has 0 bridgehead atoms. The second kappa shape index (κ2) is 9.26. The summed E-state index contributed by atoms with van der Waals surface area (Å²) >= 11 is 0. The first-order chi connectivity index (χ1) is 17.0. The van der Waals surface area contributed by atoms with Crippen LogP contribution in [0.25, 0.3) is 10.9 Å². The Bertz CT molecular complexity index is 1400. The molecular formula is C25H21N5O5. The Kier molecular flexibility index (Phi) is 5.84. The number of aromatic amines is 1. The Morgan fingerprint density at radius 3 is 2.34 bits per heavy atom. The van der Waals surface area contributed by atoms with Gasteiger partial charge in [-0.25, -0.2) is 0 Å². The van der Waals surface area contributed by atoms with Crippen LogP contribution in [0.1, 0.15) is 31.3 Å². The minimum absolute atomic E-state index is 0.0462. The molecule has 4 aromatic rings. The zero-order valence-electron chi connectivity index (χ0n) is 18.6. The molecule has 10 heteroatoms. The molecule has 0 saturated carbocycles. The summed E-state index contributed by atoms with van der Waals surface area (Å²) < 4.78 is 4.87. The van der Waals surface area contributed by atoms with Gasteiger partial charge < -0.3 is 24.6 Å². The second-order valence-electron chi connectivity index (χ2n) is 8.04. The number of carbonyl (C=O) groups excluding carboxylic acids is 4. The van der Waals surface area contributed by atoms with Crippen molar-refractivity contribution < 1.29 is 23.7 Å². The highest BCUT2D eigenvalue weighted by Gasteiger charge is 2.30. The van der Waals surface area contributed by atoms with Crippen LogP contribution >= 0.6 is 0 Å². The minimum Gasteiger partial charge on any atom is -0.359 e. The average Bonchev–Trinajstić information content (AvgIpc) is 3.59. The number of hydrogen-bond donors (Lipinski definition) is 2. The van der Waals surface area contributed by atoms with E-state index in [1.807, 2.05) is 6.07 Å². The van der Waals surface area contributed by atoms with Gasteiger partial charge in [0.05, 0.1) is 23.0 Å². The molecule has 0 aliphatic carbocycles. The average molecular weight is 471 g/mol. The molecule has 1 aliphatic heterocycles. The van der Waals surface area contributed by atoms with Crippen LogP contribution in [0.3, 0.4) is 0 Å². The Morgan fingerprint density at radius 1 is 0.886 bits per heavy atom. The number of anilines is 1. The molecule has 3 heterocycles. The molecule has 0 atom stereocenters. The monoisotopic (exact) mass is 471 g/mol. The summed E-state index contributed by atoms with van der Waals surface area (Å²) in [5.74, 6) is -1.83. The van der Waals surface area contributed by atoms with Crippen molar-refractivity contribution in [2.24, 2.45) is 0 Å². The Hall–Kier alpha value is -4.73. The van der Waals surface area contributed by atoms with Gasteiger partial charge in [0.1, 0.15) is 0 Å². The highest BCUT2D eigenvalue weighted by molar-refractivity contribution is 6.45. The summed E-state index contributed by atoms with van der Waals surface area (Å²) in [5, 5.41) is 6.74. The lowest BCUT2D eigenvalue weighted by molar-refractivity contribution is -0.127. The minimum atomic E-state index is -0.655. The van der Waals surface area contributed by atoms with E-state index in [4.69, 9.17) is 4.52 Å². The van der Waals surface area contributed by atoms with Gasteiger partial charge in [-0.05, 0) is 18.2 Å². The molecule has 5 rings (SSSR count). The van der Waals surface area contributed by atoms with Crippen molar-refractivity contribution in [1.29, 1.82) is 0 Å². The molecule has 10 nitrogen and oxygen atoms in total. The van der Waals surface area contributed by atoms with Gasteiger partial charge in [0.25, 0.3) is 23.5 Å². The van der Waals surface area contributed by atoms with Crippen LogP contribution in [0.5, 0.6) is 0 Å². The fraction of sp³-hybridized carbons (Fsp3) is 0.160. The zero-order valence-corrected chi connectivity index (χ0v) is 18.6. The number of nitrogens with zero attached hydrogens (tertiary/aromatic N) is 3. The lowest BCUT2D eigenvalue weighted by atomic mass is 10.1. The third-order valence-electron chi connectivity index (χ3n) is 5.94. The third kappa shape index (κ3) is 4.29. The molecule has 176 valence electrons. The second-order valence-corrected chi connectivity index (χ2v) is 8.04. The zero-order chi connectivity index (χ0) is 24.4. The quantitative estimate of drug-likeness (QED) is 0.340. The third-order valence-corrected chi connectivity index (χ3v) is 5.94. The van der Waals surface area contributed by atoms with Gasteiger partial charge in [0.2, 0.25) is 5.76 Å². The van der Waals surface area contributed by atoms with E-state index in [1.54, 1.807) is 47.4 Å². The summed E-state index contributed by atoms with van der Waals surface area (Å²) in [4.78, 5) is 57.1. The molecule has 0 spiro atoms. The highest BCUT2D eigenvalue weighted by Crippen LogP contribution is 2.27. The van der Waals surface area contributed by atoms with Gasteiger partial charge in [-0.3, -0.25) is 19.2 Å². The van der Waals surface area contributed by atoms with Gasteiger partial charge in [-0.15, -0.1) is 0 Å². The molecule has 0 unspecified atom stereocenters. The van der Waals surface area contributed by atoms with Crippen molar-refractivity contribution in [3.8, 4) is 0 Å². The van der Waals surface area contributed by atoms with Gasteiger partial charge in [-0.1, -0.05) is 35.5 Å². The molecule has 3 amide bonds. The number of ketones is 1. The van der Waals surface area contributed by atoms with Crippen molar-refractivity contribution in [3.05, 3.63) is 83.9 Å². The number of piperazine rings is 1. The number of H-pyrrole nitrogens is 1. The molecule has 2 aromatic carbocycles. The Balaban J connectivity index is 1.28. The van der Waals surface area contributed by atoms with Gasteiger partial charge in [0.15, 0.2) is 0 Å². The van der Waals surface area contributed by atoms with Crippen LogP contribution < -0.4 is 5.32 Å². The van der Waals surface area contributed by atoms with Crippen LogP contribution in [-0.4, -0.2) is 69.6 Å². The van der Waals surface area contributed by atoms with E-state index < -0.39 is 17.6 Å². The number of nitrogens with one attached hydrogen (secondary N) is 2. The summed E-state index contributed by atoms with van der Waals surface area (Å²) in [5.41, 5.74) is 1.75. The highest BCUT2D eigenvalue weighted by atomic mass is 16.5. The largest absolute Gasteiger partial charge is 0.359 e. The van der Waals surface area contributed by atoms with E-state index in [0.717, 1.165) is 0 Å². The summed E-state index contributed by atoms with van der Waals surface area (Å²) in [6, 6.07) is 15.4. The fourth-order valence-corrected chi connectivity index (χ4v) is 4.10. The molecule has 1 aliphatic rings. The molecule has 0 radical (unpaired) electrons. The van der Waals surface area contributed by atoms with E-state index in [1.165, 1.54) is 23.4 Å². The van der Waals surface area contributed by atoms with E-state index in [9.17, 15) is 19.2 Å². The molecule has 35 heavy (non-hydrogen) atoms. The fourth-order valence-electron chi connectivity index (χ4n) is 4.10. The standard InChI is InChI=1S/C25H21N5O5/c31-22(25(34)30-13-11-29(12-14-30)24(33)16-5-2-1-3-6-16)18-15-26-21-17(18)7-4-8-19(21)28-23(32)20-9-10-27-35-20/h1-10,15,26H,11-14H2,(H,28,32). The van der Waals surface area contributed by atoms with E-state index in [2.05, 4.69) is 15.5 Å². The lowest BCUT2D eigenvalue weighted by Crippen LogP contribution is -2.52. The SMILES string of the molecule is O=C(Nc1cccc2c(C(=O)C(=O)N3CCN(C(=O)c4ccccc4)CC3)c[nH]c12)c1ccno1. The van der Waals surface area contributed by atoms with Crippen molar-refractivity contribution in [1.82, 2.24) is 19.9 Å². The van der Waals surface area contributed by atoms with Crippen molar-refractivity contribution >= 4 is 40.1 Å². The van der Waals surface area contributed by atoms with Crippen molar-refractivity contribution in [3.63, 3.8) is 0 Å². The number of para-hydroxylation sites is 1. The van der Waals surface area contributed by atoms with E-state index in [0.29, 0.717) is 35.2 Å². The van der Waals surface area contributed by atoms with Crippen LogP contribution in [0, 0.1) is 0 Å². The van der Waals surface area contributed by atoms with E-state index in [-0.39, 0.29) is 30.3 Å². The molecule has 1 saturated heterocycles. The summed E-state index contributed by atoms with van der Waals surface area (Å²) in [6.45, 7) is 1.23. The normalized spacial score (nSPS) is 13.6. The first-order valence-electron chi connectivity index (χ1n) is 11.0. The number of rotatable bonds is 5. The summed E-state index contributed by atoms with van der Waals surface area (Å²) in [7, 11) is 0. The van der Waals surface area contributed by atoms with Crippen LogP contribution in [0.2, 0.25) is 0 Å². The number of carbonyl (C=O) groups is 4. The predicted octanol–water partition coefficient (Wildman–Crippen LogP) is 2.58. The maximum absolute atomic E-state index is 13.1. The molecule has 2 N–H and O–H groups in total. The van der Waals surface area contributed by atoms with Crippen LogP contribution in [0.15, 0.2) is 71.5 Å². The first-order valence-corrected chi connectivity index (χ1v) is 11.0. The number of fused-ring (bicyclic) bond motifs is 1. The van der Waals surface area contributed by atoms with Crippen LogP contribution in [0.4, 0.5) is 5.69 Å². The maximum Gasteiger partial charge on any atom is 0.295 e. The maximum atomic E-state index is 13.1. The van der Waals surface area contributed by atoms with Crippen molar-refractivity contribution in [2.75, 3.05) is 31.5 Å².